The number of nitrogens with zero attached hydrogens (tertiary/aromatic N) is 3. The maximum absolute atomic E-state index is 13.5. The smallest absolute Gasteiger partial charge is 0.264 e. The van der Waals surface area contributed by atoms with Crippen LogP contribution in [0.1, 0.15) is 22.3 Å². The Morgan fingerprint density at radius 1 is 1.03 bits per heavy atom. The summed E-state index contributed by atoms with van der Waals surface area (Å²) in [6, 6.07) is 15.6. The van der Waals surface area contributed by atoms with E-state index in [1.54, 1.807) is 36.4 Å². The molecular weight excluding hydrogens is 390 g/mol. The molecule has 0 fully saturated rings. The molecule has 0 saturated carbocycles. The number of hydrogen-bond acceptors (Lipinski definition) is 4. The summed E-state index contributed by atoms with van der Waals surface area (Å²) in [5.74, 6) is -0.110. The number of carbonyl (C=O) groups excluding carboxylic acids is 1. The highest BCUT2D eigenvalue weighted by atomic mass is 19.3. The monoisotopic (exact) mass is 406 g/mol. The molecule has 2 aromatic heterocycles. The van der Waals surface area contributed by atoms with Gasteiger partial charge in [0.1, 0.15) is 11.6 Å². The predicted octanol–water partition coefficient (Wildman–Crippen LogP) is 4.19. The van der Waals surface area contributed by atoms with E-state index in [2.05, 4.69) is 15.3 Å². The molecule has 4 rings (SSSR count). The van der Waals surface area contributed by atoms with E-state index in [0.29, 0.717) is 5.82 Å². The molecule has 1 N–H and O–H groups in total. The van der Waals surface area contributed by atoms with Gasteiger partial charge in [0.2, 0.25) is 0 Å². The van der Waals surface area contributed by atoms with Gasteiger partial charge in [0.25, 0.3) is 17.9 Å². The van der Waals surface area contributed by atoms with E-state index in [1.807, 2.05) is 0 Å². The molecule has 0 saturated heterocycles. The molecule has 1 amide bonds. The second-order valence-corrected chi connectivity index (χ2v) is 6.56. The lowest BCUT2D eigenvalue weighted by Gasteiger charge is -2.14. The fraction of sp³-hybridized carbons (Fsp3) is 0.0909. The van der Waals surface area contributed by atoms with Crippen LogP contribution in [0.4, 0.5) is 14.6 Å². The fourth-order valence-electron chi connectivity index (χ4n) is 3.23. The number of alkyl halides is 2. The van der Waals surface area contributed by atoms with Crippen LogP contribution in [-0.4, -0.2) is 20.4 Å². The summed E-state index contributed by atoms with van der Waals surface area (Å²) in [7, 11) is 1.47. The summed E-state index contributed by atoms with van der Waals surface area (Å²) >= 11 is 0. The molecule has 0 aliphatic carbocycles. The zero-order valence-electron chi connectivity index (χ0n) is 15.8. The van der Waals surface area contributed by atoms with E-state index in [4.69, 9.17) is 0 Å². The van der Waals surface area contributed by atoms with Crippen LogP contribution in [-0.2, 0) is 7.05 Å². The van der Waals surface area contributed by atoms with Crippen molar-refractivity contribution in [3.05, 3.63) is 88.3 Å². The van der Waals surface area contributed by atoms with Gasteiger partial charge in [0.05, 0.1) is 16.5 Å². The Kier molecular flexibility index (Phi) is 5.05. The maximum atomic E-state index is 13.5. The molecule has 2 aromatic carbocycles. The van der Waals surface area contributed by atoms with E-state index >= 15 is 0 Å². The van der Waals surface area contributed by atoms with Crippen LogP contribution in [0.5, 0.6) is 0 Å². The Morgan fingerprint density at radius 2 is 1.80 bits per heavy atom. The van der Waals surface area contributed by atoms with Crippen molar-refractivity contribution in [2.75, 3.05) is 5.32 Å². The van der Waals surface area contributed by atoms with Gasteiger partial charge in [-0.05, 0) is 24.3 Å². The van der Waals surface area contributed by atoms with Crippen molar-refractivity contribution in [2.45, 2.75) is 6.43 Å². The first-order valence-electron chi connectivity index (χ1n) is 9.07. The van der Waals surface area contributed by atoms with Crippen LogP contribution in [0.2, 0.25) is 0 Å². The average molecular weight is 406 g/mol. The van der Waals surface area contributed by atoms with Crippen molar-refractivity contribution >= 4 is 22.6 Å². The third-order valence-corrected chi connectivity index (χ3v) is 4.69. The quantitative estimate of drug-likeness (QED) is 0.552. The molecule has 8 heteroatoms. The number of halogens is 2. The summed E-state index contributed by atoms with van der Waals surface area (Å²) in [5, 5.41) is 2.87. The van der Waals surface area contributed by atoms with Crippen LogP contribution in [0.15, 0.2) is 71.7 Å². The van der Waals surface area contributed by atoms with E-state index in [0.717, 1.165) is 0 Å². The Bertz CT molecular complexity index is 1300. The number of pyridine rings is 1. The van der Waals surface area contributed by atoms with Gasteiger partial charge in [0, 0.05) is 24.4 Å². The molecule has 0 aliphatic heterocycles. The van der Waals surface area contributed by atoms with Crippen molar-refractivity contribution in [2.24, 2.45) is 7.05 Å². The lowest BCUT2D eigenvalue weighted by Crippen LogP contribution is -2.22. The van der Waals surface area contributed by atoms with Gasteiger partial charge in [-0.15, -0.1) is 0 Å². The number of carbonyl (C=O) groups is 1. The van der Waals surface area contributed by atoms with E-state index in [-0.39, 0.29) is 33.4 Å². The van der Waals surface area contributed by atoms with Crippen LogP contribution in [0.25, 0.3) is 22.3 Å². The lowest BCUT2D eigenvalue weighted by atomic mass is 10.1. The third kappa shape index (κ3) is 3.43. The Morgan fingerprint density at radius 3 is 2.53 bits per heavy atom. The Labute approximate surface area is 169 Å². The lowest BCUT2D eigenvalue weighted by molar-refractivity contribution is 0.102. The maximum Gasteiger partial charge on any atom is 0.264 e. The van der Waals surface area contributed by atoms with Crippen molar-refractivity contribution in [1.82, 2.24) is 14.5 Å². The SMILES string of the molecule is Cn1c(-c2ccccc2C(F)F)nc2c(C(=O)Nc3ccccn3)cccc2c1=O. The van der Waals surface area contributed by atoms with Crippen molar-refractivity contribution < 1.29 is 13.6 Å². The minimum atomic E-state index is -2.74. The zero-order valence-corrected chi connectivity index (χ0v) is 15.8. The van der Waals surface area contributed by atoms with Gasteiger partial charge < -0.3 is 5.32 Å². The highest BCUT2D eigenvalue weighted by molar-refractivity contribution is 6.11. The zero-order chi connectivity index (χ0) is 21.3. The molecule has 30 heavy (non-hydrogen) atoms. The van der Waals surface area contributed by atoms with Gasteiger partial charge in [-0.3, -0.25) is 14.2 Å². The largest absolute Gasteiger partial charge is 0.306 e. The molecule has 0 unspecified atom stereocenters. The number of aromatic nitrogens is 3. The van der Waals surface area contributed by atoms with E-state index in [1.165, 1.54) is 42.1 Å². The van der Waals surface area contributed by atoms with Crippen molar-refractivity contribution in [1.29, 1.82) is 0 Å². The summed E-state index contributed by atoms with van der Waals surface area (Å²) in [6.07, 6.45) is -1.21. The molecule has 0 bridgehead atoms. The topological polar surface area (TPSA) is 76.9 Å². The van der Waals surface area contributed by atoms with Gasteiger partial charge in [-0.1, -0.05) is 36.4 Å². The van der Waals surface area contributed by atoms with Crippen LogP contribution >= 0.6 is 0 Å². The number of amides is 1. The predicted molar refractivity (Wildman–Crippen MR) is 110 cm³/mol. The Balaban J connectivity index is 1.92. The molecule has 6 nitrogen and oxygen atoms in total. The number of nitrogens with one attached hydrogen (secondary N) is 1. The number of fused-ring (bicyclic) bond motifs is 1. The number of hydrogen-bond donors (Lipinski definition) is 1. The van der Waals surface area contributed by atoms with Gasteiger partial charge in [0.15, 0.2) is 0 Å². The second kappa shape index (κ2) is 7.82. The number of rotatable bonds is 4. The van der Waals surface area contributed by atoms with Crippen molar-refractivity contribution in [3.8, 4) is 11.4 Å². The highest BCUT2D eigenvalue weighted by Crippen LogP contribution is 2.30. The molecule has 150 valence electrons. The third-order valence-electron chi connectivity index (χ3n) is 4.69. The first kappa shape index (κ1) is 19.4. The van der Waals surface area contributed by atoms with Crippen LogP contribution in [0, 0.1) is 0 Å². The standard InChI is InChI=1S/C22H16F2N4O2/c1-28-20(14-8-3-2-7-13(14)19(23)24)27-18-15(9-6-10-16(18)22(28)30)21(29)26-17-11-4-5-12-25-17/h2-12,19H,1H3,(H,25,26,29). The molecule has 0 radical (unpaired) electrons. The fourth-order valence-corrected chi connectivity index (χ4v) is 3.23. The van der Waals surface area contributed by atoms with Crippen LogP contribution in [0.3, 0.4) is 0 Å². The number of anilines is 1. The van der Waals surface area contributed by atoms with E-state index in [9.17, 15) is 18.4 Å². The van der Waals surface area contributed by atoms with Gasteiger partial charge in [-0.25, -0.2) is 18.7 Å². The van der Waals surface area contributed by atoms with Crippen LogP contribution < -0.4 is 10.9 Å². The summed E-state index contributed by atoms with van der Waals surface area (Å²) in [5.41, 5.74) is -0.269. The first-order chi connectivity index (χ1) is 14.5. The molecule has 0 spiro atoms. The molecule has 2 heterocycles. The normalized spacial score (nSPS) is 11.1. The first-order valence-corrected chi connectivity index (χ1v) is 9.07. The van der Waals surface area contributed by atoms with Gasteiger partial charge in [-0.2, -0.15) is 0 Å². The summed E-state index contributed by atoms with van der Waals surface area (Å²) in [6.45, 7) is 0. The minimum absolute atomic E-state index is 0.0569. The summed E-state index contributed by atoms with van der Waals surface area (Å²) < 4.78 is 28.3. The average Bonchev–Trinajstić information content (AvgIpc) is 2.76. The second-order valence-electron chi connectivity index (χ2n) is 6.56. The molecule has 4 aromatic rings. The highest BCUT2D eigenvalue weighted by Gasteiger charge is 2.20. The summed E-state index contributed by atoms with van der Waals surface area (Å²) in [4.78, 5) is 34.3. The number of benzene rings is 2. The van der Waals surface area contributed by atoms with Crippen molar-refractivity contribution in [3.63, 3.8) is 0 Å². The molecule has 0 aliphatic rings. The molecule has 0 atom stereocenters. The molecular formula is C22H16F2N4O2. The van der Waals surface area contributed by atoms with E-state index < -0.39 is 17.9 Å². The number of para-hydroxylation sites is 1. The Hall–Kier alpha value is -3.94. The van der Waals surface area contributed by atoms with Gasteiger partial charge >= 0.3 is 0 Å². The minimum Gasteiger partial charge on any atom is -0.306 e.